The summed E-state index contributed by atoms with van der Waals surface area (Å²) in [6.07, 6.45) is 0. The molecule has 0 atom stereocenters. The molecule has 0 bridgehead atoms. The number of rotatable bonds is 4. The van der Waals surface area contributed by atoms with Crippen LogP contribution in [0.15, 0.2) is 17.2 Å². The molecule has 0 amide bonds. The predicted octanol–water partition coefficient (Wildman–Crippen LogP) is 3.46. The van der Waals surface area contributed by atoms with E-state index in [-0.39, 0.29) is 6.54 Å². The van der Waals surface area contributed by atoms with Gasteiger partial charge in [-0.3, -0.25) is 0 Å². The number of halogens is 1. The molecule has 1 aromatic carbocycles. The summed E-state index contributed by atoms with van der Waals surface area (Å²) in [6, 6.07) is 3.59. The van der Waals surface area contributed by atoms with Crippen LogP contribution in [0.2, 0.25) is 5.02 Å². The highest BCUT2D eigenvalue weighted by molar-refractivity contribution is 6.62. The number of azide groups is 1. The van der Waals surface area contributed by atoms with Gasteiger partial charge in [0.1, 0.15) is 5.75 Å². The van der Waals surface area contributed by atoms with Crippen LogP contribution in [0.25, 0.3) is 10.4 Å². The highest BCUT2D eigenvalue weighted by Gasteiger charge is 2.51. The number of methoxy groups -OCH3 is 1. The molecule has 118 valence electrons. The van der Waals surface area contributed by atoms with Crippen molar-refractivity contribution in [3.05, 3.63) is 33.2 Å². The van der Waals surface area contributed by atoms with E-state index in [1.54, 1.807) is 6.07 Å². The molecule has 1 aliphatic heterocycles. The Morgan fingerprint density at radius 2 is 1.86 bits per heavy atom. The molecule has 2 rings (SSSR count). The van der Waals surface area contributed by atoms with Crippen molar-refractivity contribution in [3.8, 4) is 5.75 Å². The van der Waals surface area contributed by atoms with Crippen molar-refractivity contribution in [1.29, 1.82) is 0 Å². The smallest absolute Gasteiger partial charge is 0.494 e. The first-order valence-electron chi connectivity index (χ1n) is 6.94. The Labute approximate surface area is 135 Å². The minimum Gasteiger partial charge on any atom is -0.495 e. The van der Waals surface area contributed by atoms with Crippen LogP contribution in [0.4, 0.5) is 0 Å². The monoisotopic (exact) mass is 323 g/mol. The molecule has 0 spiro atoms. The van der Waals surface area contributed by atoms with Gasteiger partial charge in [0.25, 0.3) is 0 Å². The molecular weight excluding hydrogens is 304 g/mol. The average molecular weight is 324 g/mol. The van der Waals surface area contributed by atoms with Crippen molar-refractivity contribution in [3.63, 3.8) is 0 Å². The fraction of sp³-hybridized carbons (Fsp3) is 0.571. The highest BCUT2D eigenvalue weighted by atomic mass is 35.5. The molecule has 0 aliphatic carbocycles. The maximum absolute atomic E-state index is 8.51. The van der Waals surface area contributed by atoms with Gasteiger partial charge in [0.2, 0.25) is 0 Å². The molecule has 0 saturated carbocycles. The van der Waals surface area contributed by atoms with Crippen molar-refractivity contribution in [2.45, 2.75) is 45.4 Å². The minimum absolute atomic E-state index is 0.146. The van der Waals surface area contributed by atoms with E-state index in [0.29, 0.717) is 16.3 Å². The van der Waals surface area contributed by atoms with Gasteiger partial charge in [-0.1, -0.05) is 22.8 Å². The van der Waals surface area contributed by atoms with E-state index in [1.165, 1.54) is 7.11 Å². The zero-order chi connectivity index (χ0) is 16.5. The highest BCUT2D eigenvalue weighted by Crippen LogP contribution is 2.37. The fourth-order valence-corrected chi connectivity index (χ4v) is 2.57. The molecule has 22 heavy (non-hydrogen) atoms. The number of nitrogens with zero attached hydrogens (tertiary/aromatic N) is 3. The molecule has 8 heteroatoms. The third-order valence-electron chi connectivity index (χ3n) is 4.18. The van der Waals surface area contributed by atoms with Gasteiger partial charge in [0, 0.05) is 10.5 Å². The lowest BCUT2D eigenvalue weighted by molar-refractivity contribution is 0.00578. The zero-order valence-electron chi connectivity index (χ0n) is 13.4. The van der Waals surface area contributed by atoms with Crippen LogP contribution in [-0.2, 0) is 15.9 Å². The van der Waals surface area contributed by atoms with Crippen molar-refractivity contribution >= 4 is 24.2 Å². The minimum atomic E-state index is -0.529. The molecule has 1 saturated heterocycles. The Morgan fingerprint density at radius 3 is 2.36 bits per heavy atom. The van der Waals surface area contributed by atoms with Crippen LogP contribution in [0.3, 0.4) is 0 Å². The summed E-state index contributed by atoms with van der Waals surface area (Å²) >= 11 is 6.26. The van der Waals surface area contributed by atoms with Crippen molar-refractivity contribution in [1.82, 2.24) is 0 Å². The summed E-state index contributed by atoms with van der Waals surface area (Å²) in [5.74, 6) is 0.495. The molecule has 1 aromatic rings. The van der Waals surface area contributed by atoms with E-state index in [0.717, 1.165) is 5.46 Å². The maximum atomic E-state index is 8.51. The average Bonchev–Trinajstić information content (AvgIpc) is 2.64. The summed E-state index contributed by atoms with van der Waals surface area (Å²) < 4.78 is 17.3. The predicted molar refractivity (Wildman–Crippen MR) is 86.6 cm³/mol. The number of hydrogen-bond acceptors (Lipinski definition) is 4. The second-order valence-electron chi connectivity index (χ2n) is 6.17. The Hall–Kier alpha value is -1.40. The SMILES string of the molecule is COc1c(Cl)cc(B2OC(C)(C)C(C)(C)O2)cc1CN=[N+]=[N-]. The van der Waals surface area contributed by atoms with Gasteiger partial charge in [0.15, 0.2) is 0 Å². The quantitative estimate of drug-likeness (QED) is 0.368. The molecule has 0 unspecified atom stereocenters. The van der Waals surface area contributed by atoms with Crippen LogP contribution in [0.1, 0.15) is 33.3 Å². The molecule has 1 aliphatic rings. The summed E-state index contributed by atoms with van der Waals surface area (Å²) in [7, 11) is 0.994. The molecule has 1 fully saturated rings. The summed E-state index contributed by atoms with van der Waals surface area (Å²) in [6.45, 7) is 8.09. The van der Waals surface area contributed by atoms with Crippen LogP contribution < -0.4 is 10.2 Å². The second-order valence-corrected chi connectivity index (χ2v) is 6.58. The lowest BCUT2D eigenvalue weighted by atomic mass is 9.78. The van der Waals surface area contributed by atoms with E-state index in [9.17, 15) is 0 Å². The third kappa shape index (κ3) is 3.03. The van der Waals surface area contributed by atoms with E-state index in [4.69, 9.17) is 31.2 Å². The normalized spacial score (nSPS) is 18.9. The van der Waals surface area contributed by atoms with Gasteiger partial charge in [-0.25, -0.2) is 0 Å². The van der Waals surface area contributed by atoms with Crippen LogP contribution in [0, 0.1) is 0 Å². The fourth-order valence-electron chi connectivity index (χ4n) is 2.24. The van der Waals surface area contributed by atoms with Gasteiger partial charge in [0.05, 0.1) is 29.9 Å². The topological polar surface area (TPSA) is 76.5 Å². The third-order valence-corrected chi connectivity index (χ3v) is 4.46. The number of hydrogen-bond donors (Lipinski definition) is 0. The van der Waals surface area contributed by atoms with Crippen LogP contribution in [-0.4, -0.2) is 25.4 Å². The molecular formula is C14H19BClN3O3. The first kappa shape index (κ1) is 17.0. The second kappa shape index (κ2) is 6.01. The summed E-state index contributed by atoms with van der Waals surface area (Å²) in [5, 5.41) is 4.01. The Kier molecular flexibility index (Phi) is 4.63. The van der Waals surface area contributed by atoms with Crippen LogP contribution >= 0.6 is 11.6 Å². The lowest BCUT2D eigenvalue weighted by Crippen LogP contribution is -2.41. The van der Waals surface area contributed by atoms with Gasteiger partial charge >= 0.3 is 7.12 Å². The van der Waals surface area contributed by atoms with Gasteiger partial charge in [-0.15, -0.1) is 0 Å². The van der Waals surface area contributed by atoms with Gasteiger partial charge < -0.3 is 14.0 Å². The molecule has 1 heterocycles. The zero-order valence-corrected chi connectivity index (χ0v) is 14.1. The van der Waals surface area contributed by atoms with Gasteiger partial charge in [-0.05, 0) is 44.8 Å². The summed E-state index contributed by atoms with van der Waals surface area (Å²) in [5.41, 5.74) is 9.11. The molecule has 0 radical (unpaired) electrons. The van der Waals surface area contributed by atoms with Crippen LogP contribution in [0.5, 0.6) is 5.75 Å². The molecule has 0 aromatic heterocycles. The lowest BCUT2D eigenvalue weighted by Gasteiger charge is -2.32. The Morgan fingerprint density at radius 1 is 1.27 bits per heavy atom. The first-order valence-corrected chi connectivity index (χ1v) is 7.32. The Balaban J connectivity index is 2.41. The number of benzene rings is 1. The van der Waals surface area contributed by atoms with E-state index >= 15 is 0 Å². The van der Waals surface area contributed by atoms with E-state index in [1.807, 2.05) is 33.8 Å². The van der Waals surface area contributed by atoms with Crippen molar-refractivity contribution in [2.24, 2.45) is 5.11 Å². The van der Waals surface area contributed by atoms with Crippen molar-refractivity contribution in [2.75, 3.05) is 7.11 Å². The summed E-state index contributed by atoms with van der Waals surface area (Å²) in [4.78, 5) is 2.77. The maximum Gasteiger partial charge on any atom is 0.494 e. The van der Waals surface area contributed by atoms with E-state index in [2.05, 4.69) is 10.0 Å². The first-order chi connectivity index (χ1) is 10.2. The van der Waals surface area contributed by atoms with Crippen molar-refractivity contribution < 1.29 is 14.0 Å². The van der Waals surface area contributed by atoms with Gasteiger partial charge in [-0.2, -0.15) is 0 Å². The molecule has 0 N–H and O–H groups in total. The largest absolute Gasteiger partial charge is 0.495 e. The van der Waals surface area contributed by atoms with E-state index < -0.39 is 18.3 Å². The standard InChI is InChI=1S/C14H19BClN3O3/c1-13(2)14(3,4)22-15(21-13)10-6-9(8-18-19-17)12(20-5)11(16)7-10/h6-7H,8H2,1-5H3. The molecule has 6 nitrogen and oxygen atoms in total. The number of ether oxygens (including phenoxy) is 1. The Bertz CT molecular complexity index is 614.